The summed E-state index contributed by atoms with van der Waals surface area (Å²) in [5.41, 5.74) is 0.230. The zero-order valence-electron chi connectivity index (χ0n) is 12.7. The van der Waals surface area contributed by atoms with E-state index in [2.05, 4.69) is 10.6 Å². The number of fused-ring (bicyclic) bond motifs is 1. The van der Waals surface area contributed by atoms with Crippen LogP contribution in [-0.2, 0) is 4.79 Å². The molecule has 2 amide bonds. The maximum Gasteiger partial charge on any atom is 0.255 e. The predicted octanol–water partition coefficient (Wildman–Crippen LogP) is 2.05. The molecule has 22 heavy (non-hydrogen) atoms. The fourth-order valence-electron chi connectivity index (χ4n) is 2.07. The summed E-state index contributed by atoms with van der Waals surface area (Å²) in [6.07, 6.45) is 0. The van der Waals surface area contributed by atoms with Crippen molar-refractivity contribution in [1.29, 1.82) is 0 Å². The molecule has 0 aliphatic rings. The van der Waals surface area contributed by atoms with Gasteiger partial charge in [0.05, 0.1) is 5.56 Å². The van der Waals surface area contributed by atoms with Gasteiger partial charge in [0.25, 0.3) is 5.91 Å². The second-order valence-corrected chi connectivity index (χ2v) is 5.42. The van der Waals surface area contributed by atoms with Crippen molar-refractivity contribution in [3.63, 3.8) is 0 Å². The Balaban J connectivity index is 1.98. The maximum atomic E-state index is 12.1. The van der Waals surface area contributed by atoms with Crippen LogP contribution in [0.4, 0.5) is 0 Å². The molecule has 2 rings (SSSR count). The molecule has 0 spiro atoms. The molecule has 0 aliphatic carbocycles. The third kappa shape index (κ3) is 3.75. The van der Waals surface area contributed by atoms with Crippen LogP contribution in [0.3, 0.4) is 0 Å². The molecule has 5 nitrogen and oxygen atoms in total. The lowest BCUT2D eigenvalue weighted by Crippen LogP contribution is -2.36. The maximum absolute atomic E-state index is 12.1. The number of carbonyl (C=O) groups is 2. The van der Waals surface area contributed by atoms with Gasteiger partial charge in [-0.25, -0.2) is 0 Å². The van der Waals surface area contributed by atoms with Crippen molar-refractivity contribution in [2.24, 2.45) is 5.92 Å². The van der Waals surface area contributed by atoms with Crippen LogP contribution in [0.5, 0.6) is 5.75 Å². The molecule has 0 unspecified atom stereocenters. The Kier molecular flexibility index (Phi) is 4.99. The van der Waals surface area contributed by atoms with Crippen LogP contribution in [0.25, 0.3) is 10.8 Å². The van der Waals surface area contributed by atoms with E-state index in [-0.39, 0.29) is 29.0 Å². The second kappa shape index (κ2) is 6.93. The largest absolute Gasteiger partial charge is 0.507 e. The monoisotopic (exact) mass is 300 g/mol. The molecular formula is C17H20N2O3. The Morgan fingerprint density at radius 1 is 1.05 bits per heavy atom. The van der Waals surface area contributed by atoms with Gasteiger partial charge in [-0.1, -0.05) is 38.1 Å². The van der Waals surface area contributed by atoms with E-state index in [0.717, 1.165) is 10.8 Å². The molecule has 5 heteroatoms. The molecule has 0 radical (unpaired) electrons. The summed E-state index contributed by atoms with van der Waals surface area (Å²) >= 11 is 0. The van der Waals surface area contributed by atoms with Crippen molar-refractivity contribution in [2.45, 2.75) is 13.8 Å². The molecule has 0 fully saturated rings. The lowest BCUT2D eigenvalue weighted by molar-refractivity contribution is -0.123. The highest BCUT2D eigenvalue weighted by Crippen LogP contribution is 2.24. The highest BCUT2D eigenvalue weighted by atomic mass is 16.3. The number of amides is 2. The summed E-state index contributed by atoms with van der Waals surface area (Å²) in [5.74, 6) is -0.549. The minimum Gasteiger partial charge on any atom is -0.507 e. The standard InChI is InChI=1S/C17H20N2O3/c1-11(2)16(21)18-7-8-19-17(22)14-9-12-5-3-4-6-13(12)10-15(14)20/h3-6,9-11,20H,7-8H2,1-2H3,(H,18,21)(H,19,22). The van der Waals surface area contributed by atoms with Gasteiger partial charge in [-0.2, -0.15) is 0 Å². The van der Waals surface area contributed by atoms with E-state index in [9.17, 15) is 14.7 Å². The first-order valence-corrected chi connectivity index (χ1v) is 7.26. The van der Waals surface area contributed by atoms with Crippen molar-refractivity contribution in [3.8, 4) is 5.75 Å². The van der Waals surface area contributed by atoms with Gasteiger partial charge in [0, 0.05) is 19.0 Å². The zero-order valence-corrected chi connectivity index (χ0v) is 12.7. The molecule has 0 aromatic heterocycles. The third-order valence-corrected chi connectivity index (χ3v) is 3.34. The van der Waals surface area contributed by atoms with Gasteiger partial charge in [0.1, 0.15) is 5.75 Å². The smallest absolute Gasteiger partial charge is 0.255 e. The Labute approximate surface area is 129 Å². The minimum absolute atomic E-state index is 0.0530. The molecule has 3 N–H and O–H groups in total. The summed E-state index contributed by atoms with van der Waals surface area (Å²) in [5, 5.41) is 17.1. The quantitative estimate of drug-likeness (QED) is 0.739. The Bertz CT molecular complexity index is 695. The summed E-state index contributed by atoms with van der Waals surface area (Å²) in [7, 11) is 0. The normalized spacial score (nSPS) is 10.7. The Morgan fingerprint density at radius 3 is 2.27 bits per heavy atom. The number of phenolic OH excluding ortho intramolecular Hbond substituents is 1. The van der Waals surface area contributed by atoms with Gasteiger partial charge < -0.3 is 15.7 Å². The Hall–Kier alpha value is -2.56. The van der Waals surface area contributed by atoms with Crippen molar-refractivity contribution >= 4 is 22.6 Å². The van der Waals surface area contributed by atoms with Crippen molar-refractivity contribution in [1.82, 2.24) is 10.6 Å². The van der Waals surface area contributed by atoms with Crippen molar-refractivity contribution in [2.75, 3.05) is 13.1 Å². The van der Waals surface area contributed by atoms with E-state index in [4.69, 9.17) is 0 Å². The van der Waals surface area contributed by atoms with Crippen molar-refractivity contribution in [3.05, 3.63) is 42.0 Å². The molecule has 0 aliphatic heterocycles. The van der Waals surface area contributed by atoms with E-state index in [1.807, 2.05) is 24.3 Å². The van der Waals surface area contributed by atoms with E-state index in [1.54, 1.807) is 26.0 Å². The molecule has 116 valence electrons. The summed E-state index contributed by atoms with van der Waals surface area (Å²) in [4.78, 5) is 23.5. The molecule has 0 saturated heterocycles. The number of hydrogen-bond donors (Lipinski definition) is 3. The third-order valence-electron chi connectivity index (χ3n) is 3.34. The fourth-order valence-corrected chi connectivity index (χ4v) is 2.07. The molecule has 0 saturated carbocycles. The predicted molar refractivity (Wildman–Crippen MR) is 85.8 cm³/mol. The van der Waals surface area contributed by atoms with Crippen LogP contribution in [0.15, 0.2) is 36.4 Å². The topological polar surface area (TPSA) is 78.4 Å². The van der Waals surface area contributed by atoms with Gasteiger partial charge in [-0.3, -0.25) is 9.59 Å². The SMILES string of the molecule is CC(C)C(=O)NCCNC(=O)c1cc2ccccc2cc1O. The lowest BCUT2D eigenvalue weighted by atomic mass is 10.1. The Morgan fingerprint density at radius 2 is 1.64 bits per heavy atom. The first-order valence-electron chi connectivity index (χ1n) is 7.26. The van der Waals surface area contributed by atoms with E-state index >= 15 is 0 Å². The van der Waals surface area contributed by atoms with Gasteiger partial charge in [0.2, 0.25) is 5.91 Å². The highest BCUT2D eigenvalue weighted by molar-refractivity contribution is 6.01. The number of carbonyl (C=O) groups excluding carboxylic acids is 2. The van der Waals surface area contributed by atoms with Crippen LogP contribution in [0.1, 0.15) is 24.2 Å². The summed E-state index contributed by atoms with van der Waals surface area (Å²) in [6.45, 7) is 4.28. The molecule has 2 aromatic carbocycles. The average Bonchev–Trinajstić information content (AvgIpc) is 2.50. The van der Waals surface area contributed by atoms with Crippen LogP contribution in [0, 0.1) is 5.92 Å². The van der Waals surface area contributed by atoms with E-state index in [1.165, 1.54) is 0 Å². The van der Waals surface area contributed by atoms with Crippen LogP contribution in [0.2, 0.25) is 0 Å². The van der Waals surface area contributed by atoms with Crippen LogP contribution >= 0.6 is 0 Å². The van der Waals surface area contributed by atoms with Gasteiger partial charge in [0.15, 0.2) is 0 Å². The number of benzene rings is 2. The highest BCUT2D eigenvalue weighted by Gasteiger charge is 2.12. The molecule has 0 bridgehead atoms. The zero-order chi connectivity index (χ0) is 16.1. The van der Waals surface area contributed by atoms with Gasteiger partial charge >= 0.3 is 0 Å². The van der Waals surface area contributed by atoms with Crippen molar-refractivity contribution < 1.29 is 14.7 Å². The average molecular weight is 300 g/mol. The first kappa shape index (κ1) is 15.8. The molecule has 0 atom stereocenters. The van der Waals surface area contributed by atoms with Crippen LogP contribution < -0.4 is 10.6 Å². The number of phenols is 1. The van der Waals surface area contributed by atoms with Crippen LogP contribution in [-0.4, -0.2) is 30.0 Å². The molecule has 2 aromatic rings. The number of hydrogen-bond acceptors (Lipinski definition) is 3. The first-order chi connectivity index (χ1) is 10.5. The summed E-state index contributed by atoms with van der Waals surface area (Å²) in [6, 6.07) is 10.7. The van der Waals surface area contributed by atoms with E-state index in [0.29, 0.717) is 13.1 Å². The number of aromatic hydroxyl groups is 1. The molecular weight excluding hydrogens is 280 g/mol. The minimum atomic E-state index is -0.359. The fraction of sp³-hybridized carbons (Fsp3) is 0.294. The number of rotatable bonds is 5. The number of nitrogens with one attached hydrogen (secondary N) is 2. The lowest BCUT2D eigenvalue weighted by Gasteiger charge is -2.10. The van der Waals surface area contributed by atoms with Gasteiger partial charge in [-0.05, 0) is 22.9 Å². The van der Waals surface area contributed by atoms with E-state index < -0.39 is 0 Å². The summed E-state index contributed by atoms with van der Waals surface area (Å²) < 4.78 is 0. The second-order valence-electron chi connectivity index (χ2n) is 5.42. The molecule has 0 heterocycles. The van der Waals surface area contributed by atoms with Gasteiger partial charge in [-0.15, -0.1) is 0 Å².